The fourth-order valence-electron chi connectivity index (χ4n) is 2.09. The first-order valence-electron chi connectivity index (χ1n) is 7.15. The van der Waals surface area contributed by atoms with Gasteiger partial charge in [-0.2, -0.15) is 0 Å². The summed E-state index contributed by atoms with van der Waals surface area (Å²) in [7, 11) is -3.61. The summed E-state index contributed by atoms with van der Waals surface area (Å²) in [4.78, 5) is 8.08. The zero-order valence-corrected chi connectivity index (χ0v) is 13.2. The lowest BCUT2D eigenvalue weighted by molar-refractivity contribution is 0.0250. The number of rotatable bonds is 7. The van der Waals surface area contributed by atoms with Gasteiger partial charge in [0.15, 0.2) is 0 Å². The lowest BCUT2D eigenvalue weighted by Crippen LogP contribution is -2.40. The molecule has 1 atom stereocenters. The molecule has 1 fully saturated rings. The van der Waals surface area contributed by atoms with Crippen LogP contribution in [-0.4, -0.2) is 43.7 Å². The lowest BCUT2D eigenvalue weighted by Gasteiger charge is -2.23. The Labute approximate surface area is 125 Å². The topological polar surface area (TPSA) is 93.2 Å². The van der Waals surface area contributed by atoms with Crippen LogP contribution in [-0.2, 0) is 14.8 Å². The summed E-state index contributed by atoms with van der Waals surface area (Å²) in [6, 6.07) is 0. The molecule has 0 saturated carbocycles. The van der Waals surface area contributed by atoms with E-state index in [9.17, 15) is 8.42 Å². The second-order valence-corrected chi connectivity index (χ2v) is 7.16. The van der Waals surface area contributed by atoms with Crippen LogP contribution in [0.15, 0.2) is 17.3 Å². The molecule has 1 aliphatic heterocycles. The van der Waals surface area contributed by atoms with Gasteiger partial charge in [0, 0.05) is 19.7 Å². The van der Waals surface area contributed by atoms with Crippen molar-refractivity contribution in [3.63, 3.8) is 0 Å². The smallest absolute Gasteiger partial charge is 0.243 e. The predicted molar refractivity (Wildman–Crippen MR) is 79.6 cm³/mol. The SMILES string of the molecule is CCCNc1ncc(S(=O)(=O)NCC2(C)CCCO2)cn1. The Bertz CT molecular complexity index is 553. The zero-order valence-electron chi connectivity index (χ0n) is 12.4. The molecule has 8 heteroatoms. The Hall–Kier alpha value is -1.25. The van der Waals surface area contributed by atoms with Crippen LogP contribution in [0.1, 0.15) is 33.1 Å². The van der Waals surface area contributed by atoms with Gasteiger partial charge in [-0.15, -0.1) is 0 Å². The van der Waals surface area contributed by atoms with Crippen molar-refractivity contribution in [1.29, 1.82) is 0 Å². The number of sulfonamides is 1. The molecule has 2 heterocycles. The average Bonchev–Trinajstić information content (AvgIpc) is 2.91. The minimum Gasteiger partial charge on any atom is -0.374 e. The Morgan fingerprint density at radius 1 is 1.38 bits per heavy atom. The molecule has 0 bridgehead atoms. The summed E-state index contributed by atoms with van der Waals surface area (Å²) >= 11 is 0. The molecule has 1 aromatic heterocycles. The fourth-order valence-corrected chi connectivity index (χ4v) is 3.14. The van der Waals surface area contributed by atoms with Crippen molar-refractivity contribution in [2.45, 2.75) is 43.6 Å². The maximum absolute atomic E-state index is 12.2. The van der Waals surface area contributed by atoms with Crippen molar-refractivity contribution < 1.29 is 13.2 Å². The Balaban J connectivity index is 1.98. The van der Waals surface area contributed by atoms with Gasteiger partial charge < -0.3 is 10.1 Å². The molecule has 1 unspecified atom stereocenters. The van der Waals surface area contributed by atoms with Crippen LogP contribution in [0, 0.1) is 0 Å². The highest BCUT2D eigenvalue weighted by Crippen LogP contribution is 2.24. The molecule has 118 valence electrons. The molecule has 0 aliphatic carbocycles. The maximum atomic E-state index is 12.2. The highest BCUT2D eigenvalue weighted by molar-refractivity contribution is 7.89. The summed E-state index contributed by atoms with van der Waals surface area (Å²) in [5.41, 5.74) is -0.420. The third-order valence-electron chi connectivity index (χ3n) is 3.41. The van der Waals surface area contributed by atoms with E-state index in [1.165, 1.54) is 12.4 Å². The van der Waals surface area contributed by atoms with E-state index in [0.29, 0.717) is 12.6 Å². The molecule has 1 saturated heterocycles. The van der Waals surface area contributed by atoms with E-state index in [1.54, 1.807) is 0 Å². The summed E-state index contributed by atoms with van der Waals surface area (Å²) < 4.78 is 32.5. The molecule has 0 amide bonds. The van der Waals surface area contributed by atoms with Crippen molar-refractivity contribution in [2.75, 3.05) is 25.0 Å². The molecule has 0 aromatic carbocycles. The number of aromatic nitrogens is 2. The molecule has 21 heavy (non-hydrogen) atoms. The maximum Gasteiger partial charge on any atom is 0.243 e. The fraction of sp³-hybridized carbons (Fsp3) is 0.692. The molecule has 2 rings (SSSR count). The number of hydrogen-bond acceptors (Lipinski definition) is 6. The largest absolute Gasteiger partial charge is 0.374 e. The van der Waals surface area contributed by atoms with E-state index in [0.717, 1.165) is 25.8 Å². The van der Waals surface area contributed by atoms with E-state index in [4.69, 9.17) is 4.74 Å². The zero-order chi connectivity index (χ0) is 15.3. The molecule has 7 nitrogen and oxygen atoms in total. The molecular weight excluding hydrogens is 292 g/mol. The van der Waals surface area contributed by atoms with E-state index < -0.39 is 15.6 Å². The number of nitrogens with one attached hydrogen (secondary N) is 2. The van der Waals surface area contributed by atoms with Crippen molar-refractivity contribution in [1.82, 2.24) is 14.7 Å². The second-order valence-electron chi connectivity index (χ2n) is 5.40. The Kier molecular flexibility index (Phi) is 5.13. The summed E-state index contributed by atoms with van der Waals surface area (Å²) in [5, 5.41) is 3.00. The molecule has 0 spiro atoms. The van der Waals surface area contributed by atoms with Crippen LogP contribution in [0.2, 0.25) is 0 Å². The van der Waals surface area contributed by atoms with Crippen molar-refractivity contribution in [2.24, 2.45) is 0 Å². The molecule has 2 N–H and O–H groups in total. The van der Waals surface area contributed by atoms with E-state index in [-0.39, 0.29) is 11.4 Å². The van der Waals surface area contributed by atoms with Crippen LogP contribution >= 0.6 is 0 Å². The van der Waals surface area contributed by atoms with Gasteiger partial charge >= 0.3 is 0 Å². The van der Waals surface area contributed by atoms with Crippen molar-refractivity contribution >= 4 is 16.0 Å². The van der Waals surface area contributed by atoms with Gasteiger partial charge in [0.1, 0.15) is 4.90 Å². The second kappa shape index (κ2) is 6.67. The van der Waals surface area contributed by atoms with Gasteiger partial charge in [0.25, 0.3) is 0 Å². The first-order chi connectivity index (χ1) is 9.95. The molecule has 1 aromatic rings. The van der Waals surface area contributed by atoms with Crippen LogP contribution in [0.5, 0.6) is 0 Å². The van der Waals surface area contributed by atoms with Gasteiger partial charge in [-0.05, 0) is 26.2 Å². The van der Waals surface area contributed by atoms with Gasteiger partial charge in [0.05, 0.1) is 18.0 Å². The van der Waals surface area contributed by atoms with E-state index >= 15 is 0 Å². The van der Waals surface area contributed by atoms with E-state index in [2.05, 4.69) is 20.0 Å². The quantitative estimate of drug-likeness (QED) is 0.784. The number of anilines is 1. The highest BCUT2D eigenvalue weighted by Gasteiger charge is 2.31. The first kappa shape index (κ1) is 16.1. The summed E-state index contributed by atoms with van der Waals surface area (Å²) in [6.07, 6.45) is 5.38. The lowest BCUT2D eigenvalue weighted by atomic mass is 10.0. The van der Waals surface area contributed by atoms with Crippen molar-refractivity contribution in [3.05, 3.63) is 12.4 Å². The van der Waals surface area contributed by atoms with Gasteiger partial charge in [-0.3, -0.25) is 0 Å². The van der Waals surface area contributed by atoms with E-state index in [1.807, 2.05) is 13.8 Å². The minimum atomic E-state index is -3.61. The monoisotopic (exact) mass is 314 g/mol. The Morgan fingerprint density at radius 2 is 2.10 bits per heavy atom. The van der Waals surface area contributed by atoms with Gasteiger partial charge in [-0.25, -0.2) is 23.1 Å². The minimum absolute atomic E-state index is 0.0612. The van der Waals surface area contributed by atoms with Gasteiger partial charge in [-0.1, -0.05) is 6.92 Å². The average molecular weight is 314 g/mol. The third-order valence-corrected chi connectivity index (χ3v) is 4.76. The highest BCUT2D eigenvalue weighted by atomic mass is 32.2. The molecular formula is C13H22N4O3S. The van der Waals surface area contributed by atoms with Crippen LogP contribution in [0.4, 0.5) is 5.95 Å². The van der Waals surface area contributed by atoms with Crippen molar-refractivity contribution in [3.8, 4) is 0 Å². The standard InChI is InChI=1S/C13H22N4O3S/c1-3-6-14-12-15-8-11(9-16-12)21(18,19)17-10-13(2)5-4-7-20-13/h8-9,17H,3-7,10H2,1-2H3,(H,14,15,16). The molecule has 1 aliphatic rings. The number of ether oxygens (including phenoxy) is 1. The van der Waals surface area contributed by atoms with Crippen LogP contribution in [0.3, 0.4) is 0 Å². The predicted octanol–water partition coefficient (Wildman–Crippen LogP) is 1.15. The first-order valence-corrected chi connectivity index (χ1v) is 8.63. The number of hydrogen-bond donors (Lipinski definition) is 2. The van der Waals surface area contributed by atoms with Gasteiger partial charge in [0.2, 0.25) is 16.0 Å². The summed E-state index contributed by atoms with van der Waals surface area (Å²) in [6.45, 7) is 5.63. The molecule has 0 radical (unpaired) electrons. The number of nitrogens with zero attached hydrogens (tertiary/aromatic N) is 2. The normalized spacial score (nSPS) is 22.4. The third kappa shape index (κ3) is 4.36. The van der Waals surface area contributed by atoms with Crippen LogP contribution in [0.25, 0.3) is 0 Å². The summed E-state index contributed by atoms with van der Waals surface area (Å²) in [5.74, 6) is 0.432. The van der Waals surface area contributed by atoms with Crippen LogP contribution < -0.4 is 10.0 Å². The Morgan fingerprint density at radius 3 is 2.67 bits per heavy atom.